The van der Waals surface area contributed by atoms with Crippen LogP contribution in [0.25, 0.3) is 11.1 Å². The highest BCUT2D eigenvalue weighted by Crippen LogP contribution is 2.53. The predicted octanol–water partition coefficient (Wildman–Crippen LogP) is 11.5. The number of hydrogen-bond acceptors (Lipinski definition) is 23. The van der Waals surface area contributed by atoms with E-state index in [4.69, 9.17) is 73.4 Å². The molecule has 0 aromatic heterocycles. The first-order valence-electron chi connectivity index (χ1n) is 33.7. The molecule has 24 nitrogen and oxygen atoms in total. The third-order valence-electron chi connectivity index (χ3n) is 16.8. The lowest BCUT2D eigenvalue weighted by molar-refractivity contribution is -0.143. The summed E-state index contributed by atoms with van der Waals surface area (Å²) in [5.74, 6) is -2.25. The molecule has 558 valence electrons. The number of carbonyl (C=O) groups excluding carboxylic acids is 7. The van der Waals surface area contributed by atoms with E-state index in [9.17, 15) is 43.8 Å². The number of esters is 2. The van der Waals surface area contributed by atoms with Crippen LogP contribution < -0.4 is 67.0 Å². The number of rotatable bonds is 32. The van der Waals surface area contributed by atoms with Crippen LogP contribution in [0.5, 0.6) is 69.0 Å². The van der Waals surface area contributed by atoms with Crippen molar-refractivity contribution in [1.29, 1.82) is 0 Å². The first-order chi connectivity index (χ1) is 49.6. The van der Waals surface area contributed by atoms with Crippen LogP contribution >= 0.6 is 11.8 Å². The van der Waals surface area contributed by atoms with E-state index >= 15 is 0 Å². The van der Waals surface area contributed by atoms with Crippen molar-refractivity contribution in [2.24, 2.45) is 23.7 Å². The standard InChI is InChI=1S/C42H51NO12.C37H42ClNO10/c1-24(2)17-27(19-32(45)36(46)31(18-25-13-11-10-12-14-25)43-41(48)55-42(3,4)5)40(47)54-34-20-26(15-16-33(34)49-6)29-21-28(44)23-53-37-30(29)22-35(50-7)38(51-8)39(37)52-9;1-21(2)14-24(16-29(41)33(42)28(39-38)15-22-10-8-7-9-11-22)37(43)49-31-17-23(12-13-30(31)44-3)26-18-25(40)20-48-34-27(26)19-32(45-4)35(46-5)36(34)47-6/h10-16,20-22,24,27,31,36,46H,17-19,23H2,1-9H3,(H,43,48);7-13,17-19,21,24,28,33,39,42H,14-16,20H2,1-6H3. The number of alkyl carbamates (subject to hydrolysis) is 1. The number of ether oxygens (including phenoxy) is 13. The number of halogens is 1. The Morgan fingerprint density at radius 1 is 0.490 bits per heavy atom. The summed E-state index contributed by atoms with van der Waals surface area (Å²) in [4.78, 5) is 95.9. The van der Waals surface area contributed by atoms with Gasteiger partial charge in [0.2, 0.25) is 23.0 Å². The van der Waals surface area contributed by atoms with Crippen molar-refractivity contribution >= 4 is 64.1 Å². The lowest BCUT2D eigenvalue weighted by atomic mass is 9.88. The Kier molecular flexibility index (Phi) is 29.5. The van der Waals surface area contributed by atoms with Gasteiger partial charge >= 0.3 is 18.0 Å². The summed E-state index contributed by atoms with van der Waals surface area (Å²) in [6.45, 7) is 12.3. The fourth-order valence-corrected chi connectivity index (χ4v) is 12.2. The molecule has 6 unspecified atom stereocenters. The molecular formula is C79H93ClN2O22. The molecule has 2 heterocycles. The Morgan fingerprint density at radius 2 is 0.865 bits per heavy atom. The molecule has 0 bridgehead atoms. The number of aliphatic hydroxyl groups excluding tert-OH is 2. The predicted molar refractivity (Wildman–Crippen MR) is 388 cm³/mol. The SMILES string of the molecule is COc1ccc(C2=CC(=O)COc3c2cc(OC)c(OC)c3OC)cc1OC(=O)C(CC(=O)C(O)C(Cc1ccccc1)NC(=O)OC(C)(C)C)CC(C)C.COc1ccc(C2=CC(=O)COc3c2cc(OC)c(OC)c3OC)cc1OC(=O)C(CC(=O)C(O)C(Cc1ccccc1)NCl)CC(C)C. The fraction of sp³-hybridized carbons (Fsp3) is 0.405. The number of nitrogens with one attached hydrogen (secondary N) is 2. The highest BCUT2D eigenvalue weighted by molar-refractivity contribution is 6.14. The van der Waals surface area contributed by atoms with Crippen LogP contribution in [0.15, 0.2) is 121 Å². The van der Waals surface area contributed by atoms with Crippen molar-refractivity contribution in [1.82, 2.24) is 10.2 Å². The van der Waals surface area contributed by atoms with Gasteiger partial charge in [-0.05, 0) is 152 Å². The molecule has 6 atom stereocenters. The molecule has 6 aromatic carbocycles. The van der Waals surface area contributed by atoms with E-state index in [0.29, 0.717) is 63.5 Å². The number of amides is 1. The van der Waals surface area contributed by atoms with Gasteiger partial charge in [-0.1, -0.05) is 100 Å². The van der Waals surface area contributed by atoms with E-state index in [1.54, 1.807) is 69.3 Å². The summed E-state index contributed by atoms with van der Waals surface area (Å²) in [7, 11) is 11.6. The van der Waals surface area contributed by atoms with Gasteiger partial charge in [-0.2, -0.15) is 0 Å². The normalized spacial score (nSPS) is 14.3. The molecule has 2 aliphatic rings. The smallest absolute Gasteiger partial charge is 0.407 e. The van der Waals surface area contributed by atoms with E-state index in [1.165, 1.54) is 69.0 Å². The van der Waals surface area contributed by atoms with Gasteiger partial charge in [-0.25, -0.2) is 9.63 Å². The zero-order chi connectivity index (χ0) is 76.1. The van der Waals surface area contributed by atoms with Crippen LogP contribution in [0, 0.1) is 23.7 Å². The summed E-state index contributed by atoms with van der Waals surface area (Å²) < 4.78 is 73.5. The van der Waals surface area contributed by atoms with Crippen LogP contribution in [-0.2, 0) is 46.3 Å². The quantitative estimate of drug-likeness (QED) is 0.0173. The van der Waals surface area contributed by atoms with Crippen LogP contribution in [0.4, 0.5) is 4.79 Å². The maximum absolute atomic E-state index is 14.0. The van der Waals surface area contributed by atoms with Gasteiger partial charge in [0.05, 0.1) is 80.8 Å². The first-order valence-corrected chi connectivity index (χ1v) is 34.1. The minimum atomic E-state index is -1.66. The van der Waals surface area contributed by atoms with Gasteiger partial charge in [-0.3, -0.25) is 28.8 Å². The van der Waals surface area contributed by atoms with E-state index in [2.05, 4.69) is 10.2 Å². The number of hydrogen-bond donors (Lipinski definition) is 4. The molecule has 0 aliphatic carbocycles. The lowest BCUT2D eigenvalue weighted by Gasteiger charge is -2.27. The largest absolute Gasteiger partial charge is 0.493 e. The van der Waals surface area contributed by atoms with Crippen LogP contribution in [0.1, 0.15) is 108 Å². The zero-order valence-corrected chi connectivity index (χ0v) is 62.0. The number of benzene rings is 6. The summed E-state index contributed by atoms with van der Waals surface area (Å²) in [6.07, 6.45) is -0.687. The van der Waals surface area contributed by atoms with Gasteiger partial charge in [-0.15, -0.1) is 0 Å². The Balaban J connectivity index is 0.000000293. The van der Waals surface area contributed by atoms with Crippen molar-refractivity contribution in [3.05, 3.63) is 155 Å². The Morgan fingerprint density at radius 3 is 1.21 bits per heavy atom. The Labute approximate surface area is 611 Å². The number of methoxy groups -OCH3 is 8. The Hall–Kier alpha value is -10.1. The van der Waals surface area contributed by atoms with Gasteiger partial charge in [0, 0.05) is 24.0 Å². The number of fused-ring (bicyclic) bond motifs is 2. The second kappa shape index (κ2) is 37.9. The van der Waals surface area contributed by atoms with Crippen molar-refractivity contribution in [3.8, 4) is 69.0 Å². The van der Waals surface area contributed by atoms with Crippen LogP contribution in [0.3, 0.4) is 0 Å². The molecule has 25 heteroatoms. The van der Waals surface area contributed by atoms with E-state index in [0.717, 1.165) is 11.1 Å². The second-order valence-corrected chi connectivity index (χ2v) is 26.7. The molecule has 1 amide bonds. The molecule has 0 radical (unpaired) electrons. The van der Waals surface area contributed by atoms with E-state index < -0.39 is 71.3 Å². The molecule has 0 saturated carbocycles. The monoisotopic (exact) mass is 1460 g/mol. The maximum Gasteiger partial charge on any atom is 0.407 e. The third-order valence-corrected chi connectivity index (χ3v) is 17.1. The molecule has 6 aromatic rings. The van der Waals surface area contributed by atoms with Gasteiger partial charge in [0.1, 0.15) is 17.8 Å². The summed E-state index contributed by atoms with van der Waals surface area (Å²) in [5.41, 5.74) is 3.65. The molecule has 0 fully saturated rings. The van der Waals surface area contributed by atoms with Gasteiger partial charge < -0.3 is 77.1 Å². The molecule has 0 spiro atoms. The zero-order valence-electron chi connectivity index (χ0n) is 61.3. The summed E-state index contributed by atoms with van der Waals surface area (Å²) >= 11 is 5.94. The third kappa shape index (κ3) is 21.3. The van der Waals surface area contributed by atoms with Gasteiger partial charge in [0.25, 0.3) is 0 Å². The number of aliphatic hydroxyl groups is 2. The van der Waals surface area contributed by atoms with Gasteiger partial charge in [0.15, 0.2) is 82.3 Å². The van der Waals surface area contributed by atoms with Crippen molar-refractivity contribution in [2.45, 2.75) is 117 Å². The topological polar surface area (TPSA) is 304 Å². The van der Waals surface area contributed by atoms with Crippen LogP contribution in [-0.4, -0.2) is 151 Å². The molecule has 8 rings (SSSR count). The average molecular weight is 1460 g/mol. The molecule has 4 N–H and O–H groups in total. The number of carbonyl (C=O) groups is 7. The number of ketones is 4. The molecule has 0 saturated heterocycles. The summed E-state index contributed by atoms with van der Waals surface area (Å²) in [5, 5.41) is 25.0. The first kappa shape index (κ1) is 81.2. The minimum absolute atomic E-state index is 0.0302. The van der Waals surface area contributed by atoms with Crippen molar-refractivity contribution in [3.63, 3.8) is 0 Å². The highest BCUT2D eigenvalue weighted by atomic mass is 35.5. The fourth-order valence-electron chi connectivity index (χ4n) is 12.0. The Bertz CT molecular complexity index is 4070. The maximum atomic E-state index is 14.0. The van der Waals surface area contributed by atoms with Crippen molar-refractivity contribution in [2.75, 3.05) is 70.1 Å². The van der Waals surface area contributed by atoms with Crippen LogP contribution in [0.2, 0.25) is 0 Å². The average Bonchev–Trinajstić information content (AvgIpc) is 1.52. The van der Waals surface area contributed by atoms with E-state index in [1.807, 2.05) is 88.4 Å². The van der Waals surface area contributed by atoms with Crippen molar-refractivity contribution < 1.29 is 105 Å². The number of Topliss-reactive ketones (excluding diaryl/α,β-unsaturated/α-hetero) is 2. The van der Waals surface area contributed by atoms with E-state index in [-0.39, 0.29) is 114 Å². The minimum Gasteiger partial charge on any atom is -0.493 e. The summed E-state index contributed by atoms with van der Waals surface area (Å²) in [6, 6.07) is 29.7. The highest BCUT2D eigenvalue weighted by Gasteiger charge is 2.37. The molecule has 104 heavy (non-hydrogen) atoms. The molecule has 2 aliphatic heterocycles. The molecular weight excluding hydrogens is 1360 g/mol. The lowest BCUT2D eigenvalue weighted by Crippen LogP contribution is -2.50. The second-order valence-electron chi connectivity index (χ2n) is 26.5.